The SMILES string of the molecule is CCOc1ccccc1C(N)c1ccc(COC)o1. The molecule has 0 amide bonds. The molecule has 4 heteroatoms. The fourth-order valence-corrected chi connectivity index (χ4v) is 1.96. The first-order valence-corrected chi connectivity index (χ1v) is 6.31. The van der Waals surface area contributed by atoms with Crippen LogP contribution in [-0.2, 0) is 11.3 Å². The maximum atomic E-state index is 6.24. The summed E-state index contributed by atoms with van der Waals surface area (Å²) in [4.78, 5) is 0. The molecule has 0 aliphatic rings. The molecule has 1 aromatic heterocycles. The summed E-state index contributed by atoms with van der Waals surface area (Å²) in [5, 5.41) is 0. The van der Waals surface area contributed by atoms with E-state index < -0.39 is 0 Å². The van der Waals surface area contributed by atoms with E-state index in [0.717, 1.165) is 17.1 Å². The van der Waals surface area contributed by atoms with Crippen LogP contribution in [0.5, 0.6) is 5.75 Å². The van der Waals surface area contributed by atoms with Gasteiger partial charge in [0, 0.05) is 12.7 Å². The van der Waals surface area contributed by atoms with E-state index in [2.05, 4.69) is 0 Å². The molecular formula is C15H19NO3. The van der Waals surface area contributed by atoms with Crippen molar-refractivity contribution in [2.45, 2.75) is 19.6 Å². The molecule has 1 heterocycles. The van der Waals surface area contributed by atoms with Crippen LogP contribution < -0.4 is 10.5 Å². The van der Waals surface area contributed by atoms with E-state index in [0.29, 0.717) is 19.0 Å². The lowest BCUT2D eigenvalue weighted by molar-refractivity contribution is 0.162. The Bertz CT molecular complexity index is 522. The number of hydrogen-bond acceptors (Lipinski definition) is 4. The number of ether oxygens (including phenoxy) is 2. The Morgan fingerprint density at radius 1 is 1.21 bits per heavy atom. The maximum absolute atomic E-state index is 6.24. The molecule has 0 saturated heterocycles. The van der Waals surface area contributed by atoms with Crippen LogP contribution >= 0.6 is 0 Å². The summed E-state index contributed by atoms with van der Waals surface area (Å²) in [6, 6.07) is 11.2. The molecule has 19 heavy (non-hydrogen) atoms. The minimum absolute atomic E-state index is 0.339. The van der Waals surface area contributed by atoms with Crippen LogP contribution in [0.3, 0.4) is 0 Å². The van der Waals surface area contributed by atoms with Crippen LogP contribution in [0.25, 0.3) is 0 Å². The van der Waals surface area contributed by atoms with Gasteiger partial charge in [0.25, 0.3) is 0 Å². The highest BCUT2D eigenvalue weighted by Gasteiger charge is 2.17. The smallest absolute Gasteiger partial charge is 0.129 e. The second kappa shape index (κ2) is 6.41. The third-order valence-corrected chi connectivity index (χ3v) is 2.83. The molecule has 2 aromatic rings. The number of nitrogens with two attached hydrogens (primary N) is 1. The first kappa shape index (κ1) is 13.6. The van der Waals surface area contributed by atoms with Gasteiger partial charge in [-0.3, -0.25) is 0 Å². The quantitative estimate of drug-likeness (QED) is 0.868. The Balaban J connectivity index is 2.24. The molecule has 0 bridgehead atoms. The molecule has 102 valence electrons. The number of hydrogen-bond donors (Lipinski definition) is 1. The predicted octanol–water partition coefficient (Wildman–Crippen LogP) is 2.87. The standard InChI is InChI=1S/C15H19NO3/c1-3-18-13-7-5-4-6-12(13)15(16)14-9-8-11(19-14)10-17-2/h4-9,15H,3,10,16H2,1-2H3. The van der Waals surface area contributed by atoms with Crippen LogP contribution in [0.4, 0.5) is 0 Å². The van der Waals surface area contributed by atoms with Gasteiger partial charge >= 0.3 is 0 Å². The lowest BCUT2D eigenvalue weighted by Crippen LogP contribution is -2.12. The van der Waals surface area contributed by atoms with E-state index in [1.54, 1.807) is 7.11 Å². The summed E-state index contributed by atoms with van der Waals surface area (Å²) in [5.41, 5.74) is 7.16. The van der Waals surface area contributed by atoms with Gasteiger partial charge in [-0.25, -0.2) is 0 Å². The molecule has 4 nitrogen and oxygen atoms in total. The van der Waals surface area contributed by atoms with Gasteiger partial charge in [0.2, 0.25) is 0 Å². The molecule has 0 aliphatic carbocycles. The molecule has 0 fully saturated rings. The van der Waals surface area contributed by atoms with E-state index in [4.69, 9.17) is 19.6 Å². The molecule has 0 radical (unpaired) electrons. The number of methoxy groups -OCH3 is 1. The molecule has 0 aliphatic heterocycles. The van der Waals surface area contributed by atoms with Crippen molar-refractivity contribution in [2.24, 2.45) is 5.73 Å². The normalized spacial score (nSPS) is 12.4. The van der Waals surface area contributed by atoms with Crippen molar-refractivity contribution in [1.82, 2.24) is 0 Å². The van der Waals surface area contributed by atoms with Crippen LogP contribution in [0.2, 0.25) is 0 Å². The Hall–Kier alpha value is -1.78. The predicted molar refractivity (Wildman–Crippen MR) is 73.1 cm³/mol. The molecule has 2 rings (SSSR count). The highest BCUT2D eigenvalue weighted by atomic mass is 16.5. The molecule has 1 unspecified atom stereocenters. The summed E-state index contributed by atoms with van der Waals surface area (Å²) in [7, 11) is 1.63. The zero-order valence-electron chi connectivity index (χ0n) is 11.3. The average molecular weight is 261 g/mol. The molecule has 0 spiro atoms. The second-order valence-electron chi connectivity index (χ2n) is 4.19. The lowest BCUT2D eigenvalue weighted by atomic mass is 10.0. The third-order valence-electron chi connectivity index (χ3n) is 2.83. The first-order chi connectivity index (χ1) is 9.26. The van der Waals surface area contributed by atoms with Crippen molar-refractivity contribution < 1.29 is 13.9 Å². The van der Waals surface area contributed by atoms with Gasteiger partial charge in [-0.05, 0) is 25.1 Å². The van der Waals surface area contributed by atoms with E-state index in [9.17, 15) is 0 Å². The minimum atomic E-state index is -0.339. The van der Waals surface area contributed by atoms with E-state index >= 15 is 0 Å². The highest BCUT2D eigenvalue weighted by molar-refractivity contribution is 5.39. The van der Waals surface area contributed by atoms with E-state index in [-0.39, 0.29) is 6.04 Å². The first-order valence-electron chi connectivity index (χ1n) is 6.31. The van der Waals surface area contributed by atoms with Gasteiger partial charge in [0.15, 0.2) is 0 Å². The zero-order chi connectivity index (χ0) is 13.7. The van der Waals surface area contributed by atoms with Crippen molar-refractivity contribution in [3.05, 3.63) is 53.5 Å². The van der Waals surface area contributed by atoms with E-state index in [1.807, 2.05) is 43.3 Å². The topological polar surface area (TPSA) is 57.6 Å². The van der Waals surface area contributed by atoms with Crippen LogP contribution in [-0.4, -0.2) is 13.7 Å². The summed E-state index contributed by atoms with van der Waals surface area (Å²) >= 11 is 0. The molecular weight excluding hydrogens is 242 g/mol. The highest BCUT2D eigenvalue weighted by Crippen LogP contribution is 2.29. The Kier molecular flexibility index (Phi) is 4.60. The Labute approximate surface area is 113 Å². The molecule has 1 aromatic carbocycles. The van der Waals surface area contributed by atoms with Gasteiger partial charge in [-0.2, -0.15) is 0 Å². The van der Waals surface area contributed by atoms with Crippen molar-refractivity contribution in [3.8, 4) is 5.75 Å². The number of para-hydroxylation sites is 1. The summed E-state index contributed by atoms with van der Waals surface area (Å²) in [5.74, 6) is 2.27. The minimum Gasteiger partial charge on any atom is -0.494 e. The van der Waals surface area contributed by atoms with Crippen molar-refractivity contribution in [3.63, 3.8) is 0 Å². The van der Waals surface area contributed by atoms with Crippen LogP contribution in [0.15, 0.2) is 40.8 Å². The largest absolute Gasteiger partial charge is 0.494 e. The third kappa shape index (κ3) is 3.16. The Morgan fingerprint density at radius 3 is 2.74 bits per heavy atom. The van der Waals surface area contributed by atoms with Gasteiger partial charge in [0.1, 0.15) is 23.9 Å². The van der Waals surface area contributed by atoms with Crippen molar-refractivity contribution in [2.75, 3.05) is 13.7 Å². The van der Waals surface area contributed by atoms with Crippen molar-refractivity contribution >= 4 is 0 Å². The zero-order valence-corrected chi connectivity index (χ0v) is 11.3. The Morgan fingerprint density at radius 2 is 2.00 bits per heavy atom. The second-order valence-corrected chi connectivity index (χ2v) is 4.19. The fraction of sp³-hybridized carbons (Fsp3) is 0.333. The number of furan rings is 1. The monoisotopic (exact) mass is 261 g/mol. The van der Waals surface area contributed by atoms with Gasteiger partial charge in [0.05, 0.1) is 12.6 Å². The summed E-state index contributed by atoms with van der Waals surface area (Å²) < 4.78 is 16.3. The number of rotatable bonds is 6. The van der Waals surface area contributed by atoms with E-state index in [1.165, 1.54) is 0 Å². The molecule has 2 N–H and O–H groups in total. The average Bonchev–Trinajstić information content (AvgIpc) is 2.88. The fourth-order valence-electron chi connectivity index (χ4n) is 1.96. The van der Waals surface area contributed by atoms with Crippen molar-refractivity contribution in [1.29, 1.82) is 0 Å². The van der Waals surface area contributed by atoms with Gasteiger partial charge in [-0.1, -0.05) is 18.2 Å². The van der Waals surface area contributed by atoms with Gasteiger partial charge < -0.3 is 19.6 Å². The number of benzene rings is 1. The van der Waals surface area contributed by atoms with Gasteiger partial charge in [-0.15, -0.1) is 0 Å². The maximum Gasteiger partial charge on any atom is 0.129 e. The summed E-state index contributed by atoms with van der Waals surface area (Å²) in [6.07, 6.45) is 0. The van der Waals surface area contributed by atoms with Crippen LogP contribution in [0.1, 0.15) is 30.0 Å². The molecule has 1 atom stereocenters. The van der Waals surface area contributed by atoms with Crippen LogP contribution in [0, 0.1) is 0 Å². The summed E-state index contributed by atoms with van der Waals surface area (Å²) in [6.45, 7) is 3.00. The lowest BCUT2D eigenvalue weighted by Gasteiger charge is -2.14. The molecule has 0 saturated carbocycles.